The highest BCUT2D eigenvalue weighted by Gasteiger charge is 2.65. The molecule has 2 aromatic carbocycles. The van der Waals surface area contributed by atoms with Crippen molar-refractivity contribution in [2.75, 3.05) is 26.3 Å². The van der Waals surface area contributed by atoms with Crippen molar-refractivity contribution in [3.8, 4) is 23.5 Å². The number of carbonyl (C=O) groups excluding carboxylic acids is 8. The highest BCUT2D eigenvalue weighted by Crippen LogP contribution is 2.60. The van der Waals surface area contributed by atoms with Crippen molar-refractivity contribution in [3.63, 3.8) is 0 Å². The Bertz CT molecular complexity index is 4600. The first-order valence-corrected chi connectivity index (χ1v) is 45.0. The molecule has 0 spiro atoms. The second-order valence-electron chi connectivity index (χ2n) is 37.4. The molecule has 0 bridgehead atoms. The molecule has 6 aliphatic heterocycles. The van der Waals surface area contributed by atoms with Gasteiger partial charge < -0.3 is 38.2 Å². The number of aryl methyl sites for hydroxylation is 2. The van der Waals surface area contributed by atoms with Crippen LogP contribution in [0.2, 0.25) is 0 Å². The van der Waals surface area contributed by atoms with Crippen LogP contribution < -0.4 is 28.4 Å². The number of esters is 2. The van der Waals surface area contributed by atoms with Crippen molar-refractivity contribution in [2.45, 2.75) is 281 Å². The molecule has 30 heteroatoms. The summed E-state index contributed by atoms with van der Waals surface area (Å²) in [7, 11) is -8.01. The summed E-state index contributed by atoms with van der Waals surface area (Å²) < 4.78 is 149. The van der Waals surface area contributed by atoms with Crippen LogP contribution in [0, 0.1) is 58.2 Å². The van der Waals surface area contributed by atoms with Gasteiger partial charge in [-0.15, -0.1) is 0 Å². The molecule has 6 fully saturated rings. The summed E-state index contributed by atoms with van der Waals surface area (Å²) in [6.45, 7) is 17.6. The van der Waals surface area contributed by atoms with Crippen LogP contribution in [0.1, 0.15) is 223 Å². The van der Waals surface area contributed by atoms with Gasteiger partial charge in [0.25, 0.3) is 11.8 Å². The summed E-state index contributed by atoms with van der Waals surface area (Å²) in [5, 5.41) is 3.33. The number of halogens is 4. The zero-order valence-corrected chi connectivity index (χ0v) is 71.3. The van der Waals surface area contributed by atoms with E-state index in [9.17, 15) is 72.8 Å². The molecule has 10 aliphatic rings. The lowest BCUT2D eigenvalue weighted by Crippen LogP contribution is -2.49. The molecule has 2 N–H and O–H groups in total. The minimum absolute atomic E-state index is 0.0319. The molecular formula is C88H114F4N6O18S2. The van der Waals surface area contributed by atoms with E-state index in [2.05, 4.69) is 9.44 Å². The Morgan fingerprint density at radius 2 is 0.898 bits per heavy atom. The normalized spacial score (nSPS) is 30.4. The number of hydrogen-bond donors (Lipinski definition) is 2. The van der Waals surface area contributed by atoms with E-state index < -0.39 is 171 Å². The van der Waals surface area contributed by atoms with Crippen molar-refractivity contribution in [1.29, 1.82) is 0 Å². The molecular weight excluding hydrogens is 1570 g/mol. The zero-order valence-electron chi connectivity index (χ0n) is 69.7. The van der Waals surface area contributed by atoms with E-state index in [-0.39, 0.29) is 87.0 Å². The lowest BCUT2D eigenvalue weighted by Gasteiger charge is -2.34. The molecule has 4 saturated carbocycles. The number of fused-ring (bicyclic) bond motifs is 10. The second kappa shape index (κ2) is 32.9. The Balaban J connectivity index is 0.000000205. The van der Waals surface area contributed by atoms with Crippen LogP contribution in [0.3, 0.4) is 0 Å². The van der Waals surface area contributed by atoms with Gasteiger partial charge in [0.2, 0.25) is 67.2 Å². The van der Waals surface area contributed by atoms with Gasteiger partial charge in [-0.05, 0) is 203 Å². The predicted molar refractivity (Wildman–Crippen MR) is 430 cm³/mol. The fraction of sp³-hybridized carbons (Fsp3) is 0.659. The molecule has 14 rings (SSSR count). The molecule has 2 saturated heterocycles. The molecule has 2 aromatic heterocycles. The van der Waals surface area contributed by atoms with Gasteiger partial charge in [0, 0.05) is 61.4 Å². The standard InChI is InChI=1S/2C44H57F2N3O9S/c2*1-26-12-7-8-13-28-23-44(28,40(53)48-59(54,55)42(5)17-18-42)24-35(50)34-21-29(57-38-32-15-10-9-14-30(32)31-16-11-19-56-37(31)47-38)25-49(34)39(52)33(27(2)20-26)22-36(51)58-41(3,4)43(6,45)46/h2*8-10,13-15,26-29,33-34H,7,11-12,16-25H2,1-6H3,(H,48,53)/b2*13-8-/t26-,27+,28+,29+,33-,34-,44+;26-,27-,28-,29-,33+,34+,44-/m01/s1. The summed E-state index contributed by atoms with van der Waals surface area (Å²) >= 11 is 0. The number of nitrogens with zero attached hydrogens (tertiary/aromatic N) is 4. The van der Waals surface area contributed by atoms with E-state index >= 15 is 0 Å². The third kappa shape index (κ3) is 18.2. The molecule has 4 amide bonds. The number of hydrogen-bond acceptors (Lipinski definition) is 20. The number of alkyl halides is 4. The average molecular weight is 1680 g/mol. The van der Waals surface area contributed by atoms with Crippen molar-refractivity contribution in [3.05, 3.63) is 84.0 Å². The fourth-order valence-corrected chi connectivity index (χ4v) is 20.6. The molecule has 8 heterocycles. The van der Waals surface area contributed by atoms with Crippen LogP contribution in [0.4, 0.5) is 17.6 Å². The predicted octanol–water partition coefficient (Wildman–Crippen LogP) is 13.7. The Kier molecular flexibility index (Phi) is 24.4. The number of benzene rings is 2. The molecule has 24 nitrogen and oxygen atoms in total. The van der Waals surface area contributed by atoms with Crippen LogP contribution in [-0.4, -0.2) is 167 Å². The first kappa shape index (κ1) is 87.5. The van der Waals surface area contributed by atoms with Gasteiger partial charge in [-0.1, -0.05) is 88.4 Å². The summed E-state index contributed by atoms with van der Waals surface area (Å²) in [4.78, 5) is 127. The van der Waals surface area contributed by atoms with Gasteiger partial charge in [0.15, 0.2) is 22.8 Å². The van der Waals surface area contributed by atoms with Gasteiger partial charge >= 0.3 is 11.9 Å². The number of pyridine rings is 2. The minimum Gasteiger partial charge on any atom is -0.477 e. The molecule has 4 aromatic rings. The van der Waals surface area contributed by atoms with Gasteiger partial charge in [0.1, 0.15) is 12.2 Å². The number of allylic oxidation sites excluding steroid dienone is 4. The highest BCUT2D eigenvalue weighted by atomic mass is 32.2. The average Bonchev–Trinajstić information content (AvgIpc) is 1.57. The molecule has 118 heavy (non-hydrogen) atoms. The molecule has 644 valence electrons. The number of carbonyl (C=O) groups is 8. The molecule has 4 aliphatic carbocycles. The Morgan fingerprint density at radius 1 is 0.542 bits per heavy atom. The van der Waals surface area contributed by atoms with Crippen molar-refractivity contribution in [2.24, 2.45) is 58.2 Å². The van der Waals surface area contributed by atoms with E-state index in [0.717, 1.165) is 86.1 Å². The van der Waals surface area contributed by atoms with E-state index in [1.165, 1.54) is 9.80 Å². The zero-order chi connectivity index (χ0) is 85.4. The van der Waals surface area contributed by atoms with Crippen LogP contribution in [0.5, 0.6) is 23.5 Å². The number of rotatable bonds is 18. The first-order chi connectivity index (χ1) is 55.3. The van der Waals surface area contributed by atoms with Crippen LogP contribution in [-0.2, 0) is 80.7 Å². The van der Waals surface area contributed by atoms with Crippen molar-refractivity contribution >= 4 is 88.7 Å². The maximum Gasteiger partial charge on any atom is 0.307 e. The largest absolute Gasteiger partial charge is 0.477 e. The Morgan fingerprint density at radius 3 is 1.25 bits per heavy atom. The summed E-state index contributed by atoms with van der Waals surface area (Å²) in [5.41, 5.74) is -5.02. The number of amides is 4. The maximum absolute atomic E-state index is 15.0. The number of sulfonamides is 2. The highest BCUT2D eigenvalue weighted by molar-refractivity contribution is 7.92. The van der Waals surface area contributed by atoms with E-state index in [0.29, 0.717) is 103 Å². The Hall–Kier alpha value is -8.28. The van der Waals surface area contributed by atoms with Gasteiger partial charge in [-0.2, -0.15) is 9.97 Å². The van der Waals surface area contributed by atoms with E-state index in [1.807, 2.05) is 101 Å². The quantitative estimate of drug-likeness (QED) is 0.0531. The monoisotopic (exact) mass is 1680 g/mol. The number of ether oxygens (including phenoxy) is 6. The topological polar surface area (TPSA) is 317 Å². The van der Waals surface area contributed by atoms with E-state index in [1.54, 1.807) is 13.8 Å². The fourth-order valence-electron chi connectivity index (χ4n) is 18.0. The van der Waals surface area contributed by atoms with Crippen molar-refractivity contribution < 1.29 is 101 Å². The lowest BCUT2D eigenvalue weighted by atomic mass is 9.82. The minimum atomic E-state index is -4.01. The number of ketones is 2. The summed E-state index contributed by atoms with van der Waals surface area (Å²) in [5.74, 6) is -14.1. The Labute approximate surface area is 688 Å². The summed E-state index contributed by atoms with van der Waals surface area (Å²) in [6.07, 6.45) is 13.9. The lowest BCUT2D eigenvalue weighted by molar-refractivity contribution is -0.197. The molecule has 0 unspecified atom stereocenters. The molecule has 14 atom stereocenters. The third-order valence-corrected chi connectivity index (χ3v) is 31.6. The van der Waals surface area contributed by atoms with Gasteiger partial charge in [0.05, 0.1) is 83.4 Å². The third-order valence-electron chi connectivity index (χ3n) is 27.3. The van der Waals surface area contributed by atoms with E-state index in [4.69, 9.17) is 38.4 Å². The molecule has 0 radical (unpaired) electrons. The summed E-state index contributed by atoms with van der Waals surface area (Å²) in [6, 6.07) is 13.1. The van der Waals surface area contributed by atoms with Gasteiger partial charge in [-0.3, -0.25) is 47.8 Å². The van der Waals surface area contributed by atoms with Crippen LogP contribution in [0.25, 0.3) is 21.5 Å². The van der Waals surface area contributed by atoms with Crippen molar-refractivity contribution in [1.82, 2.24) is 29.2 Å². The second-order valence-corrected chi connectivity index (χ2v) is 41.8. The number of aromatic nitrogens is 2. The van der Waals surface area contributed by atoms with Crippen LogP contribution >= 0.6 is 0 Å². The number of nitrogens with one attached hydrogen (secondary N) is 2. The van der Waals surface area contributed by atoms with Gasteiger partial charge in [-0.25, -0.2) is 34.4 Å². The maximum atomic E-state index is 15.0. The number of Topliss-reactive ketones (excluding diaryl/α,β-unsaturated/α-hetero) is 2. The van der Waals surface area contributed by atoms with Crippen LogP contribution in [0.15, 0.2) is 72.8 Å². The smallest absolute Gasteiger partial charge is 0.307 e. The SMILES string of the molecule is C[C@@H]1CC/C=C\[C@@H]2C[C@@]2(C(=O)NS(=O)(=O)C2(C)CC2)CC(=O)[C@@H]2C[C@@H](Oc3nc4c(c5ccccc35)CCCO4)CN2C(=O)[C@@H](CC(=O)OC(C)(C)C(C)(F)F)[C@H](C)C1.C[C@H]1CC/C=C\[C@@H]2C[C@@]2(C(=O)NS(=O)(=O)C2(C)CC2)CC(=O)[C@@H]2C[C@@H](Oc3nc4c(c5ccccc35)CCCO4)CN2C(=O)[C@@H](CC(=O)OC(C)(C)C(C)(F)F)[C@H](C)C1. The first-order valence-electron chi connectivity index (χ1n) is 42.0.